The number of carboxylic acid groups (broad SMARTS) is 1. The molecule has 8 nitrogen and oxygen atoms in total. The molecule has 1 aliphatic rings. The van der Waals surface area contributed by atoms with E-state index in [4.69, 9.17) is 19.4 Å². The molecule has 3 aromatic rings. The number of alkyl halides is 3. The number of rotatable bonds is 6. The molecule has 3 N–H and O–H groups in total. The smallest absolute Gasteiger partial charge is 0.490 e. The van der Waals surface area contributed by atoms with Crippen molar-refractivity contribution >= 4 is 5.97 Å². The Morgan fingerprint density at radius 2 is 1.69 bits per heavy atom. The van der Waals surface area contributed by atoms with Crippen LogP contribution in [0.3, 0.4) is 0 Å². The van der Waals surface area contributed by atoms with Crippen molar-refractivity contribution in [3.8, 4) is 39.5 Å². The van der Waals surface area contributed by atoms with Crippen LogP contribution in [0.4, 0.5) is 13.2 Å². The van der Waals surface area contributed by atoms with Gasteiger partial charge in [-0.05, 0) is 49.2 Å². The first-order valence-corrected chi connectivity index (χ1v) is 11.1. The van der Waals surface area contributed by atoms with E-state index in [0.717, 1.165) is 41.1 Å². The predicted octanol–water partition coefficient (Wildman–Crippen LogP) is 4.54. The highest BCUT2D eigenvalue weighted by Crippen LogP contribution is 2.33. The largest absolute Gasteiger partial charge is 0.504 e. The summed E-state index contributed by atoms with van der Waals surface area (Å²) in [6, 6.07) is 9.31. The monoisotopic (exact) mass is 505 g/mol. The lowest BCUT2D eigenvalue weighted by Gasteiger charge is -2.22. The minimum atomic E-state index is -5.08. The molecule has 1 aromatic carbocycles. The molecule has 3 heterocycles. The first kappa shape index (κ1) is 26.7. The number of methoxy groups -OCH3 is 1. The number of ether oxygens (including phenoxy) is 2. The Hall–Kier alpha value is -3.86. The van der Waals surface area contributed by atoms with Crippen LogP contribution in [0.5, 0.6) is 17.2 Å². The number of aromatic nitrogens is 2. The van der Waals surface area contributed by atoms with Gasteiger partial charge in [-0.2, -0.15) is 13.2 Å². The number of phenolic OH excluding ortho intramolecular Hbond substituents is 1. The molecular formula is C25H26F3N3O5. The molecule has 11 heteroatoms. The second-order valence-corrected chi connectivity index (χ2v) is 8.08. The van der Waals surface area contributed by atoms with Gasteiger partial charge in [0.15, 0.2) is 11.5 Å². The molecule has 1 unspecified atom stereocenters. The number of phenols is 1. The van der Waals surface area contributed by atoms with Gasteiger partial charge < -0.3 is 25.0 Å². The molecular weight excluding hydrogens is 479 g/mol. The van der Waals surface area contributed by atoms with Crippen LogP contribution >= 0.6 is 0 Å². The van der Waals surface area contributed by atoms with E-state index in [0.29, 0.717) is 18.3 Å². The summed E-state index contributed by atoms with van der Waals surface area (Å²) >= 11 is 0. The number of halogens is 3. The molecule has 1 aliphatic heterocycles. The molecule has 0 radical (unpaired) electrons. The topological polar surface area (TPSA) is 114 Å². The van der Waals surface area contributed by atoms with Crippen molar-refractivity contribution in [1.82, 2.24) is 15.3 Å². The normalized spacial score (nSPS) is 15.4. The van der Waals surface area contributed by atoms with Crippen molar-refractivity contribution in [1.29, 1.82) is 0 Å². The van der Waals surface area contributed by atoms with Crippen LogP contribution in [0.15, 0.2) is 55.1 Å². The lowest BCUT2D eigenvalue weighted by Crippen LogP contribution is -2.33. The van der Waals surface area contributed by atoms with E-state index >= 15 is 0 Å². The zero-order valence-electron chi connectivity index (χ0n) is 19.5. The van der Waals surface area contributed by atoms with Crippen LogP contribution < -0.4 is 14.8 Å². The van der Waals surface area contributed by atoms with E-state index in [1.165, 1.54) is 20.0 Å². The highest BCUT2D eigenvalue weighted by Gasteiger charge is 2.38. The molecule has 2 aromatic heterocycles. The molecule has 0 bridgehead atoms. The number of aromatic hydroxyl groups is 1. The summed E-state index contributed by atoms with van der Waals surface area (Å²) in [6.07, 6.45) is 4.48. The van der Waals surface area contributed by atoms with Gasteiger partial charge in [0.1, 0.15) is 5.75 Å². The van der Waals surface area contributed by atoms with Crippen LogP contribution in [0.25, 0.3) is 22.3 Å². The number of nitrogens with zero attached hydrogens (tertiary/aromatic N) is 2. The van der Waals surface area contributed by atoms with E-state index in [9.17, 15) is 18.3 Å². The van der Waals surface area contributed by atoms with Crippen molar-refractivity contribution in [2.75, 3.05) is 26.8 Å². The first-order chi connectivity index (χ1) is 17.2. The van der Waals surface area contributed by atoms with E-state index in [2.05, 4.69) is 15.3 Å². The second-order valence-electron chi connectivity index (χ2n) is 8.08. The summed E-state index contributed by atoms with van der Waals surface area (Å²) in [5.41, 5.74) is 3.75. The third-order valence-electron chi connectivity index (χ3n) is 5.42. The Kier molecular flexibility index (Phi) is 9.07. The van der Waals surface area contributed by atoms with Gasteiger partial charge in [0.05, 0.1) is 19.9 Å². The van der Waals surface area contributed by atoms with Crippen molar-refractivity contribution in [3.05, 3.63) is 55.1 Å². The average Bonchev–Trinajstić information content (AvgIpc) is 2.88. The van der Waals surface area contributed by atoms with Gasteiger partial charge in [-0.1, -0.05) is 6.07 Å². The molecule has 192 valence electrons. The SMILES string of the molecule is COc1cc(-c2cncc(-c3cncc(OCC4CCCNC4)c3)c2)ccc1O.O=C(O)C(F)(F)F. The molecule has 36 heavy (non-hydrogen) atoms. The number of aliphatic carboxylic acids is 1. The molecule has 0 saturated carbocycles. The Bertz CT molecular complexity index is 1170. The lowest BCUT2D eigenvalue weighted by atomic mass is 10.0. The summed E-state index contributed by atoms with van der Waals surface area (Å²) in [7, 11) is 1.54. The van der Waals surface area contributed by atoms with E-state index in [1.807, 2.05) is 30.6 Å². The van der Waals surface area contributed by atoms with Gasteiger partial charge in [-0.3, -0.25) is 9.97 Å². The fourth-order valence-electron chi connectivity index (χ4n) is 3.55. The number of carboxylic acids is 1. The van der Waals surface area contributed by atoms with Gasteiger partial charge in [-0.15, -0.1) is 0 Å². The van der Waals surface area contributed by atoms with Crippen LogP contribution in [0.2, 0.25) is 0 Å². The molecule has 0 spiro atoms. The Balaban J connectivity index is 0.000000454. The maximum Gasteiger partial charge on any atom is 0.490 e. The molecule has 1 fully saturated rings. The van der Waals surface area contributed by atoms with Crippen LogP contribution in [0.1, 0.15) is 12.8 Å². The van der Waals surface area contributed by atoms with Crippen molar-refractivity contribution in [2.45, 2.75) is 19.0 Å². The number of pyridine rings is 2. The standard InChI is InChI=1S/C23H25N3O3.C2HF3O2/c1-28-23-9-17(4-5-22(23)27)18-7-19(12-25-11-18)20-8-21(14-26-13-20)29-15-16-3-2-6-24-10-16;3-2(4,5)1(6)7/h4-5,7-9,11-14,16,24,27H,2-3,6,10,15H2,1H3;(H,6,7). The highest BCUT2D eigenvalue weighted by molar-refractivity contribution is 5.73. The highest BCUT2D eigenvalue weighted by atomic mass is 19.4. The number of hydrogen-bond donors (Lipinski definition) is 3. The number of nitrogens with one attached hydrogen (secondary N) is 1. The maximum atomic E-state index is 10.6. The minimum Gasteiger partial charge on any atom is -0.504 e. The number of hydrogen-bond acceptors (Lipinski definition) is 7. The minimum absolute atomic E-state index is 0.113. The van der Waals surface area contributed by atoms with Crippen molar-refractivity contribution in [2.24, 2.45) is 5.92 Å². The maximum absolute atomic E-state index is 10.6. The quantitative estimate of drug-likeness (QED) is 0.448. The van der Waals surface area contributed by atoms with E-state index in [-0.39, 0.29) is 5.75 Å². The fraction of sp³-hybridized carbons (Fsp3) is 0.320. The fourth-order valence-corrected chi connectivity index (χ4v) is 3.55. The summed E-state index contributed by atoms with van der Waals surface area (Å²) in [4.78, 5) is 17.6. The van der Waals surface area contributed by atoms with Gasteiger partial charge in [0.25, 0.3) is 0 Å². The Labute approximate surface area is 205 Å². The second kappa shape index (κ2) is 12.2. The summed E-state index contributed by atoms with van der Waals surface area (Å²) in [5.74, 6) is -0.899. The van der Waals surface area contributed by atoms with Gasteiger partial charge in [0.2, 0.25) is 0 Å². The summed E-state index contributed by atoms with van der Waals surface area (Å²) in [5, 5.41) is 20.4. The van der Waals surface area contributed by atoms with E-state index in [1.54, 1.807) is 24.5 Å². The summed E-state index contributed by atoms with van der Waals surface area (Å²) < 4.78 is 42.9. The Morgan fingerprint density at radius 3 is 2.31 bits per heavy atom. The molecule has 1 saturated heterocycles. The van der Waals surface area contributed by atoms with Gasteiger partial charge in [-0.25, -0.2) is 4.79 Å². The molecule has 0 amide bonds. The van der Waals surface area contributed by atoms with Crippen molar-refractivity contribution in [3.63, 3.8) is 0 Å². The lowest BCUT2D eigenvalue weighted by molar-refractivity contribution is -0.192. The summed E-state index contributed by atoms with van der Waals surface area (Å²) in [6.45, 7) is 2.81. The first-order valence-electron chi connectivity index (χ1n) is 11.1. The zero-order chi connectivity index (χ0) is 26.1. The van der Waals surface area contributed by atoms with Crippen LogP contribution in [-0.4, -0.2) is 59.1 Å². The number of benzene rings is 1. The number of piperidine rings is 1. The van der Waals surface area contributed by atoms with Crippen molar-refractivity contribution < 1.29 is 37.7 Å². The number of carbonyl (C=O) groups is 1. The van der Waals surface area contributed by atoms with Gasteiger partial charge in [0, 0.05) is 47.7 Å². The predicted molar refractivity (Wildman–Crippen MR) is 126 cm³/mol. The third-order valence-corrected chi connectivity index (χ3v) is 5.42. The average molecular weight is 505 g/mol. The van der Waals surface area contributed by atoms with Crippen LogP contribution in [0, 0.1) is 5.92 Å². The molecule has 4 rings (SSSR count). The van der Waals surface area contributed by atoms with Gasteiger partial charge >= 0.3 is 12.1 Å². The third kappa shape index (κ3) is 7.57. The Morgan fingerprint density at radius 1 is 1.06 bits per heavy atom. The zero-order valence-corrected chi connectivity index (χ0v) is 19.5. The molecule has 1 atom stereocenters. The molecule has 0 aliphatic carbocycles. The van der Waals surface area contributed by atoms with E-state index < -0.39 is 12.1 Å². The van der Waals surface area contributed by atoms with Crippen LogP contribution in [-0.2, 0) is 4.79 Å².